The number of alkyl halides is 3. The van der Waals surface area contributed by atoms with Crippen LogP contribution in [0.1, 0.15) is 28.7 Å². The zero-order valence-corrected chi connectivity index (χ0v) is 16.2. The first kappa shape index (κ1) is 20.4. The van der Waals surface area contributed by atoms with Gasteiger partial charge in [0.1, 0.15) is 5.02 Å². The van der Waals surface area contributed by atoms with E-state index in [-0.39, 0.29) is 17.1 Å². The highest BCUT2D eigenvalue weighted by atomic mass is 35.5. The zero-order valence-electron chi connectivity index (χ0n) is 15.4. The van der Waals surface area contributed by atoms with Gasteiger partial charge in [0, 0.05) is 24.9 Å². The smallest absolute Gasteiger partial charge is 0.378 e. The molecule has 0 aliphatic carbocycles. The molecule has 12 heteroatoms. The molecule has 0 saturated carbocycles. The molecule has 30 heavy (non-hydrogen) atoms. The molecule has 0 aromatic carbocycles. The summed E-state index contributed by atoms with van der Waals surface area (Å²) in [4.78, 5) is 21.7. The molecule has 0 unspecified atom stereocenters. The molecule has 4 heterocycles. The standard InChI is InChI=1S/C18H16ClF3N6O2/c19-14-13(6-25-26-17(14)30)27-5-3-12-11(8-27)24-9-28(12)7-10-2-1-4-23-15(10)16(29)18(20,21)22/h1-2,4,6,9,16,29H,3,5,7-8H2,(H,26,30)/t16-/m1/s1. The molecule has 1 aliphatic heterocycles. The van der Waals surface area contributed by atoms with Crippen LogP contribution in [0, 0.1) is 0 Å². The fourth-order valence-corrected chi connectivity index (χ4v) is 3.69. The van der Waals surface area contributed by atoms with Gasteiger partial charge in [0.2, 0.25) is 0 Å². The number of aliphatic hydroxyl groups excluding tert-OH is 1. The number of aliphatic hydroxyl groups is 1. The molecule has 0 spiro atoms. The van der Waals surface area contributed by atoms with Crippen molar-refractivity contribution in [2.45, 2.75) is 31.8 Å². The number of aromatic nitrogens is 5. The van der Waals surface area contributed by atoms with Crippen molar-refractivity contribution >= 4 is 17.3 Å². The van der Waals surface area contributed by atoms with Crippen LogP contribution in [0.15, 0.2) is 35.6 Å². The molecule has 0 bridgehead atoms. The van der Waals surface area contributed by atoms with Crippen LogP contribution < -0.4 is 10.5 Å². The molecule has 1 atom stereocenters. The summed E-state index contributed by atoms with van der Waals surface area (Å²) >= 11 is 6.08. The lowest BCUT2D eigenvalue weighted by Crippen LogP contribution is -2.33. The number of anilines is 1. The number of fused-ring (bicyclic) bond motifs is 1. The number of imidazole rings is 1. The Morgan fingerprint density at radius 3 is 2.90 bits per heavy atom. The molecule has 8 nitrogen and oxygen atoms in total. The second kappa shape index (κ2) is 7.73. The van der Waals surface area contributed by atoms with Crippen LogP contribution in [0.5, 0.6) is 0 Å². The van der Waals surface area contributed by atoms with Gasteiger partial charge in [-0.05, 0) is 11.6 Å². The lowest BCUT2D eigenvalue weighted by molar-refractivity contribution is -0.208. The third kappa shape index (κ3) is 3.77. The fourth-order valence-electron chi connectivity index (χ4n) is 3.48. The highest BCUT2D eigenvalue weighted by molar-refractivity contribution is 6.32. The van der Waals surface area contributed by atoms with Gasteiger partial charge in [-0.25, -0.2) is 10.1 Å². The van der Waals surface area contributed by atoms with E-state index < -0.39 is 23.5 Å². The summed E-state index contributed by atoms with van der Waals surface area (Å²) in [6, 6.07) is 3.02. The van der Waals surface area contributed by atoms with Crippen molar-refractivity contribution in [2.75, 3.05) is 11.4 Å². The Balaban J connectivity index is 1.59. The zero-order chi connectivity index (χ0) is 21.5. The van der Waals surface area contributed by atoms with Crippen LogP contribution in [0.2, 0.25) is 5.02 Å². The Hall–Kier alpha value is -2.92. The summed E-state index contributed by atoms with van der Waals surface area (Å²) < 4.78 is 40.7. The van der Waals surface area contributed by atoms with Crippen LogP contribution in [-0.2, 0) is 19.5 Å². The second-order valence-corrected chi connectivity index (χ2v) is 7.21. The first-order valence-electron chi connectivity index (χ1n) is 8.95. The molecular weight excluding hydrogens is 425 g/mol. The number of hydrogen-bond acceptors (Lipinski definition) is 6. The third-order valence-corrected chi connectivity index (χ3v) is 5.31. The van der Waals surface area contributed by atoms with E-state index in [2.05, 4.69) is 20.2 Å². The Bertz CT molecular complexity index is 1130. The van der Waals surface area contributed by atoms with E-state index in [1.807, 2.05) is 4.90 Å². The largest absolute Gasteiger partial charge is 0.420 e. The Morgan fingerprint density at radius 2 is 2.13 bits per heavy atom. The monoisotopic (exact) mass is 440 g/mol. The van der Waals surface area contributed by atoms with Gasteiger partial charge in [-0.2, -0.15) is 18.3 Å². The van der Waals surface area contributed by atoms with Crippen molar-refractivity contribution in [1.29, 1.82) is 0 Å². The van der Waals surface area contributed by atoms with E-state index in [1.165, 1.54) is 24.5 Å². The van der Waals surface area contributed by atoms with Crippen molar-refractivity contribution in [3.05, 3.63) is 68.9 Å². The molecule has 3 aromatic heterocycles. The predicted octanol–water partition coefficient (Wildman–Crippen LogP) is 2.22. The van der Waals surface area contributed by atoms with E-state index in [4.69, 9.17) is 11.6 Å². The first-order chi connectivity index (χ1) is 14.3. The second-order valence-electron chi connectivity index (χ2n) is 6.83. The van der Waals surface area contributed by atoms with Crippen LogP contribution in [-0.4, -0.2) is 42.6 Å². The van der Waals surface area contributed by atoms with Crippen molar-refractivity contribution in [2.24, 2.45) is 0 Å². The number of H-pyrrole nitrogens is 1. The van der Waals surface area contributed by atoms with Crippen molar-refractivity contribution in [3.8, 4) is 0 Å². The molecule has 158 valence electrons. The molecule has 1 aliphatic rings. The van der Waals surface area contributed by atoms with Crippen molar-refractivity contribution < 1.29 is 18.3 Å². The number of nitrogens with zero attached hydrogens (tertiary/aromatic N) is 5. The molecule has 0 amide bonds. The maximum Gasteiger partial charge on any atom is 0.420 e. The maximum absolute atomic E-state index is 13.0. The number of hydrogen-bond donors (Lipinski definition) is 2. The predicted molar refractivity (Wildman–Crippen MR) is 101 cm³/mol. The average molecular weight is 441 g/mol. The van der Waals surface area contributed by atoms with E-state index in [1.54, 1.807) is 10.9 Å². The summed E-state index contributed by atoms with van der Waals surface area (Å²) in [5.74, 6) is 0. The SMILES string of the molecule is O=c1[nH]ncc(N2CCc3c(ncn3Cc3cccnc3[C@@H](O)C(F)(F)F)C2)c1Cl. The Kier molecular flexibility index (Phi) is 5.24. The molecule has 0 radical (unpaired) electrons. The highest BCUT2D eigenvalue weighted by Gasteiger charge is 2.41. The lowest BCUT2D eigenvalue weighted by Gasteiger charge is -2.29. The highest BCUT2D eigenvalue weighted by Crippen LogP contribution is 2.33. The van der Waals surface area contributed by atoms with Gasteiger partial charge in [-0.3, -0.25) is 9.78 Å². The third-order valence-electron chi connectivity index (χ3n) is 4.95. The number of aromatic amines is 1. The average Bonchev–Trinajstić information content (AvgIpc) is 3.11. The summed E-state index contributed by atoms with van der Waals surface area (Å²) in [7, 11) is 0. The van der Waals surface area contributed by atoms with Crippen molar-refractivity contribution in [3.63, 3.8) is 0 Å². The van der Waals surface area contributed by atoms with Crippen molar-refractivity contribution in [1.82, 2.24) is 24.7 Å². The normalized spacial score (nSPS) is 15.2. The minimum absolute atomic E-state index is 0.0361. The van der Waals surface area contributed by atoms with E-state index in [0.29, 0.717) is 25.2 Å². The van der Waals surface area contributed by atoms with E-state index >= 15 is 0 Å². The molecule has 2 N–H and O–H groups in total. The van der Waals surface area contributed by atoms with Crippen LogP contribution >= 0.6 is 11.6 Å². The molecule has 0 fully saturated rings. The Labute approximate surface area is 173 Å². The number of halogens is 4. The lowest BCUT2D eigenvalue weighted by atomic mass is 10.1. The topological polar surface area (TPSA) is 99.9 Å². The minimum atomic E-state index is -4.81. The van der Waals surface area contributed by atoms with Gasteiger partial charge in [-0.1, -0.05) is 17.7 Å². The van der Waals surface area contributed by atoms with Gasteiger partial charge in [0.25, 0.3) is 5.56 Å². The number of nitrogens with one attached hydrogen (secondary N) is 1. The van der Waals surface area contributed by atoms with Gasteiger partial charge >= 0.3 is 6.18 Å². The minimum Gasteiger partial charge on any atom is -0.378 e. The van der Waals surface area contributed by atoms with Crippen LogP contribution in [0.25, 0.3) is 0 Å². The van der Waals surface area contributed by atoms with Gasteiger partial charge in [-0.15, -0.1) is 0 Å². The summed E-state index contributed by atoms with van der Waals surface area (Å²) in [6.45, 7) is 0.985. The number of rotatable bonds is 4. The molecule has 0 saturated heterocycles. The van der Waals surface area contributed by atoms with Gasteiger partial charge in [0.15, 0.2) is 6.10 Å². The van der Waals surface area contributed by atoms with E-state index in [9.17, 15) is 23.1 Å². The fraction of sp³-hybridized carbons (Fsp3) is 0.333. The summed E-state index contributed by atoms with van der Waals surface area (Å²) in [5.41, 5.74) is 1.41. The first-order valence-corrected chi connectivity index (χ1v) is 9.33. The quantitative estimate of drug-likeness (QED) is 0.645. The Morgan fingerprint density at radius 1 is 1.33 bits per heavy atom. The van der Waals surface area contributed by atoms with E-state index in [0.717, 1.165) is 11.4 Å². The number of pyridine rings is 1. The van der Waals surface area contributed by atoms with Crippen LogP contribution in [0.3, 0.4) is 0 Å². The summed E-state index contributed by atoms with van der Waals surface area (Å²) in [5, 5.41) is 15.7. The molecule has 3 aromatic rings. The van der Waals surface area contributed by atoms with Gasteiger partial charge in [0.05, 0.1) is 42.7 Å². The molecule has 4 rings (SSSR count). The van der Waals surface area contributed by atoms with Crippen LogP contribution in [0.4, 0.5) is 18.9 Å². The molecular formula is C18H16ClF3N6O2. The summed E-state index contributed by atoms with van der Waals surface area (Å²) in [6.07, 6.45) is -2.70. The van der Waals surface area contributed by atoms with Gasteiger partial charge < -0.3 is 14.6 Å². The maximum atomic E-state index is 13.0.